The van der Waals surface area contributed by atoms with E-state index in [1.54, 1.807) is 11.1 Å². The molecular formula is C32H30. The molecule has 6 rings (SSSR count). The number of hydrogen-bond acceptors (Lipinski definition) is 0. The molecule has 2 unspecified atom stereocenters. The third-order valence-electron chi connectivity index (χ3n) is 7.64. The average molecular weight is 415 g/mol. The molecule has 0 heteroatoms. The number of rotatable bonds is 4. The van der Waals surface area contributed by atoms with E-state index in [9.17, 15) is 0 Å². The summed E-state index contributed by atoms with van der Waals surface area (Å²) in [6.07, 6.45) is 19.1. The van der Waals surface area contributed by atoms with Gasteiger partial charge in [0.15, 0.2) is 0 Å². The Morgan fingerprint density at radius 2 is 1.84 bits per heavy atom. The highest BCUT2D eigenvalue weighted by Crippen LogP contribution is 2.53. The van der Waals surface area contributed by atoms with Gasteiger partial charge in [0, 0.05) is 11.8 Å². The maximum atomic E-state index is 2.46. The SMILES string of the molecule is CCCC1=CC=C2c3cc(-c4ccccc4)ccc3C3C=CC(C4=CC(C)=CC4)=C3CC12. The van der Waals surface area contributed by atoms with E-state index in [1.165, 1.54) is 57.4 Å². The topological polar surface area (TPSA) is 0 Å². The van der Waals surface area contributed by atoms with E-state index >= 15 is 0 Å². The van der Waals surface area contributed by atoms with Gasteiger partial charge in [-0.25, -0.2) is 0 Å². The molecule has 0 spiro atoms. The number of allylic oxidation sites excluding steroid dienone is 12. The number of fused-ring (bicyclic) bond motifs is 5. The van der Waals surface area contributed by atoms with Crippen molar-refractivity contribution in [3.63, 3.8) is 0 Å². The summed E-state index contributed by atoms with van der Waals surface area (Å²) in [5.74, 6) is 0.923. The van der Waals surface area contributed by atoms with Gasteiger partial charge in [0.25, 0.3) is 0 Å². The minimum Gasteiger partial charge on any atom is -0.0772 e. The van der Waals surface area contributed by atoms with Crippen molar-refractivity contribution in [1.82, 2.24) is 0 Å². The smallest absolute Gasteiger partial charge is 0.0247 e. The first-order valence-corrected chi connectivity index (χ1v) is 12.1. The van der Waals surface area contributed by atoms with E-state index in [4.69, 9.17) is 0 Å². The van der Waals surface area contributed by atoms with Crippen molar-refractivity contribution in [3.8, 4) is 11.1 Å². The van der Waals surface area contributed by atoms with Crippen LogP contribution in [0, 0.1) is 5.92 Å². The summed E-state index contributed by atoms with van der Waals surface area (Å²) >= 11 is 0. The zero-order valence-corrected chi connectivity index (χ0v) is 19.1. The van der Waals surface area contributed by atoms with Crippen molar-refractivity contribution in [2.24, 2.45) is 5.92 Å². The Labute approximate surface area is 192 Å². The molecule has 4 aliphatic rings. The molecule has 0 fully saturated rings. The zero-order valence-electron chi connectivity index (χ0n) is 19.1. The summed E-state index contributed by atoms with van der Waals surface area (Å²) in [5, 5.41) is 0. The Hall–Kier alpha value is -3.12. The molecule has 158 valence electrons. The van der Waals surface area contributed by atoms with E-state index in [1.807, 2.05) is 0 Å². The third kappa shape index (κ3) is 3.13. The Kier molecular flexibility index (Phi) is 4.76. The fourth-order valence-electron chi connectivity index (χ4n) is 6.08. The van der Waals surface area contributed by atoms with Crippen molar-refractivity contribution in [3.05, 3.63) is 124 Å². The first-order valence-electron chi connectivity index (χ1n) is 12.1. The molecule has 2 aromatic carbocycles. The van der Waals surface area contributed by atoms with Crippen LogP contribution in [0.15, 0.2) is 113 Å². The van der Waals surface area contributed by atoms with Crippen molar-refractivity contribution >= 4 is 5.57 Å². The third-order valence-corrected chi connectivity index (χ3v) is 7.64. The monoisotopic (exact) mass is 414 g/mol. The van der Waals surface area contributed by atoms with Crippen LogP contribution in [-0.2, 0) is 0 Å². The standard InChI is InChI=1S/C32H30/c1-3-7-23-12-14-29-30(23)20-32-26(25-11-10-21(2)18-25)16-17-28(32)27-15-13-24(19-31(27)29)22-8-5-4-6-9-22/h4-6,8-10,12-19,28,30H,3,7,11,20H2,1-2H3. The lowest BCUT2D eigenvalue weighted by Crippen LogP contribution is -2.05. The van der Waals surface area contributed by atoms with E-state index < -0.39 is 0 Å². The molecule has 0 saturated heterocycles. The lowest BCUT2D eigenvalue weighted by molar-refractivity contribution is 0.704. The molecule has 32 heavy (non-hydrogen) atoms. The molecule has 0 amide bonds. The maximum Gasteiger partial charge on any atom is 0.0247 e. The van der Waals surface area contributed by atoms with Gasteiger partial charge in [-0.2, -0.15) is 0 Å². The van der Waals surface area contributed by atoms with Crippen molar-refractivity contribution in [1.29, 1.82) is 0 Å². The fraction of sp³-hybridized carbons (Fsp3) is 0.250. The highest BCUT2D eigenvalue weighted by atomic mass is 14.4. The van der Waals surface area contributed by atoms with Crippen LogP contribution in [0.1, 0.15) is 56.6 Å². The summed E-state index contributed by atoms with van der Waals surface area (Å²) in [6.45, 7) is 4.53. The van der Waals surface area contributed by atoms with Gasteiger partial charge in [0.2, 0.25) is 0 Å². The number of benzene rings is 2. The Morgan fingerprint density at radius 3 is 2.62 bits per heavy atom. The second-order valence-electron chi connectivity index (χ2n) is 9.64. The summed E-state index contributed by atoms with van der Waals surface area (Å²) in [5.41, 5.74) is 14.8. The number of hydrogen-bond donors (Lipinski definition) is 0. The van der Waals surface area contributed by atoms with Crippen LogP contribution >= 0.6 is 0 Å². The van der Waals surface area contributed by atoms with Crippen molar-refractivity contribution in [2.45, 2.75) is 45.4 Å². The van der Waals surface area contributed by atoms with Crippen LogP contribution in [0.2, 0.25) is 0 Å². The van der Waals surface area contributed by atoms with Gasteiger partial charge in [-0.05, 0) is 71.2 Å². The van der Waals surface area contributed by atoms with Crippen LogP contribution in [-0.4, -0.2) is 0 Å². The van der Waals surface area contributed by atoms with Crippen LogP contribution in [0.25, 0.3) is 16.7 Å². The van der Waals surface area contributed by atoms with Gasteiger partial charge in [-0.3, -0.25) is 0 Å². The predicted molar refractivity (Wildman–Crippen MR) is 136 cm³/mol. The minimum atomic E-state index is 0.404. The van der Waals surface area contributed by atoms with Gasteiger partial charge in [-0.15, -0.1) is 0 Å². The average Bonchev–Trinajstić information content (AvgIpc) is 3.52. The maximum absolute atomic E-state index is 2.46. The summed E-state index contributed by atoms with van der Waals surface area (Å²) in [6, 6.07) is 18.0. The molecule has 0 heterocycles. The van der Waals surface area contributed by atoms with Gasteiger partial charge < -0.3 is 0 Å². The normalized spacial score (nSPS) is 23.2. The van der Waals surface area contributed by atoms with E-state index in [-0.39, 0.29) is 0 Å². The molecule has 2 aromatic rings. The van der Waals surface area contributed by atoms with Crippen LogP contribution in [0.5, 0.6) is 0 Å². The van der Waals surface area contributed by atoms with Gasteiger partial charge in [-0.1, -0.05) is 109 Å². The van der Waals surface area contributed by atoms with Crippen LogP contribution < -0.4 is 0 Å². The van der Waals surface area contributed by atoms with Gasteiger partial charge in [0.1, 0.15) is 0 Å². The Balaban J connectivity index is 1.51. The van der Waals surface area contributed by atoms with E-state index in [2.05, 4.69) is 98.8 Å². The molecule has 0 bridgehead atoms. The van der Waals surface area contributed by atoms with Gasteiger partial charge in [0.05, 0.1) is 0 Å². The van der Waals surface area contributed by atoms with E-state index in [0.29, 0.717) is 11.8 Å². The summed E-state index contributed by atoms with van der Waals surface area (Å²) in [7, 11) is 0. The quantitative estimate of drug-likeness (QED) is 0.469. The molecule has 0 radical (unpaired) electrons. The molecule has 0 saturated carbocycles. The van der Waals surface area contributed by atoms with Crippen LogP contribution in [0.3, 0.4) is 0 Å². The second kappa shape index (κ2) is 7.78. The molecule has 4 aliphatic carbocycles. The zero-order chi connectivity index (χ0) is 21.7. The lowest BCUT2D eigenvalue weighted by atomic mass is 9.84. The second-order valence-corrected chi connectivity index (χ2v) is 9.64. The highest BCUT2D eigenvalue weighted by Gasteiger charge is 2.36. The first-order chi connectivity index (χ1) is 15.7. The Bertz CT molecular complexity index is 1270. The van der Waals surface area contributed by atoms with Crippen LogP contribution in [0.4, 0.5) is 0 Å². The fourth-order valence-corrected chi connectivity index (χ4v) is 6.08. The Morgan fingerprint density at radius 1 is 0.969 bits per heavy atom. The predicted octanol–water partition coefficient (Wildman–Crippen LogP) is 8.72. The molecule has 0 N–H and O–H groups in total. The molecular weight excluding hydrogens is 384 g/mol. The summed E-state index contributed by atoms with van der Waals surface area (Å²) in [4.78, 5) is 0. The van der Waals surface area contributed by atoms with Gasteiger partial charge >= 0.3 is 0 Å². The summed E-state index contributed by atoms with van der Waals surface area (Å²) < 4.78 is 0. The molecule has 0 aromatic heterocycles. The minimum absolute atomic E-state index is 0.404. The van der Waals surface area contributed by atoms with Crippen molar-refractivity contribution in [2.75, 3.05) is 0 Å². The lowest BCUT2D eigenvalue weighted by Gasteiger charge is -2.20. The van der Waals surface area contributed by atoms with Crippen molar-refractivity contribution < 1.29 is 0 Å². The molecule has 0 nitrogen and oxygen atoms in total. The first kappa shape index (κ1) is 19.6. The molecule has 0 aliphatic heterocycles. The largest absolute Gasteiger partial charge is 0.0772 e. The highest BCUT2D eigenvalue weighted by molar-refractivity contribution is 5.83. The van der Waals surface area contributed by atoms with E-state index in [0.717, 1.165) is 12.8 Å². The molecule has 2 atom stereocenters.